The first kappa shape index (κ1) is 33.1. The Hall–Kier alpha value is -3.42. The van der Waals surface area contributed by atoms with E-state index in [-0.39, 0.29) is 0 Å². The second-order valence-corrected chi connectivity index (χ2v) is 16.7. The number of thiophene rings is 4. The second kappa shape index (κ2) is 15.9. The van der Waals surface area contributed by atoms with Crippen molar-refractivity contribution in [3.8, 4) is 11.5 Å². The van der Waals surface area contributed by atoms with E-state index in [9.17, 15) is 0 Å². The fourth-order valence-electron chi connectivity index (χ4n) is 5.94. The molecule has 48 heavy (non-hydrogen) atoms. The van der Waals surface area contributed by atoms with Gasteiger partial charge in [0.1, 0.15) is 11.5 Å². The zero-order valence-electron chi connectivity index (χ0n) is 27.8. The van der Waals surface area contributed by atoms with E-state index in [0.29, 0.717) is 0 Å². The standard InChI is InChI=1S/C42H42O2S4/c1-3-5-7-9-23-43-31-17-11-29(12-18-31)15-21-33-25-39-41(45-33)35-27-38-36(28-37(35)47-39)42-40(48-38)26-34(46-42)22-16-30-13-19-32(20-14-30)44-24-10-8-6-4-2/h11-22,25-28H,3-10,23-24H2,1-2H3/b21-15+,22-16+. The zero-order valence-corrected chi connectivity index (χ0v) is 31.0. The van der Waals surface area contributed by atoms with E-state index in [4.69, 9.17) is 9.47 Å². The molecule has 0 saturated heterocycles. The van der Waals surface area contributed by atoms with Crippen molar-refractivity contribution in [1.29, 1.82) is 0 Å². The summed E-state index contributed by atoms with van der Waals surface area (Å²) in [5, 5.41) is 2.77. The quantitative estimate of drug-likeness (QED) is 0.0932. The van der Waals surface area contributed by atoms with Crippen LogP contribution in [0.25, 0.3) is 63.3 Å². The first-order valence-corrected chi connectivity index (χ1v) is 20.6. The van der Waals surface area contributed by atoms with E-state index in [0.717, 1.165) is 37.6 Å². The maximum Gasteiger partial charge on any atom is 0.119 e. The molecule has 0 radical (unpaired) electrons. The van der Waals surface area contributed by atoms with Crippen LogP contribution in [0.5, 0.6) is 11.5 Å². The van der Waals surface area contributed by atoms with E-state index in [1.54, 1.807) is 0 Å². The van der Waals surface area contributed by atoms with Crippen LogP contribution in [0.1, 0.15) is 86.1 Å². The fraction of sp³-hybridized carbons (Fsp3) is 0.286. The van der Waals surface area contributed by atoms with Crippen molar-refractivity contribution in [3.05, 3.63) is 93.7 Å². The highest BCUT2D eigenvalue weighted by Gasteiger charge is 2.14. The third kappa shape index (κ3) is 7.89. The van der Waals surface area contributed by atoms with Crippen LogP contribution in [0.15, 0.2) is 72.8 Å². The Labute approximate surface area is 300 Å². The smallest absolute Gasteiger partial charge is 0.119 e. The van der Waals surface area contributed by atoms with Crippen molar-refractivity contribution in [2.45, 2.75) is 65.2 Å². The minimum Gasteiger partial charge on any atom is -0.494 e. The van der Waals surface area contributed by atoms with Gasteiger partial charge in [-0.15, -0.1) is 45.3 Å². The minimum atomic E-state index is 0.801. The molecule has 0 bridgehead atoms. The molecule has 0 amide bonds. The van der Waals surface area contributed by atoms with E-state index in [1.165, 1.54) is 98.4 Å². The average molecular weight is 707 g/mol. The van der Waals surface area contributed by atoms with E-state index < -0.39 is 0 Å². The maximum absolute atomic E-state index is 5.91. The molecule has 0 spiro atoms. The molecule has 0 atom stereocenters. The molecular formula is C42H42O2S4. The third-order valence-electron chi connectivity index (χ3n) is 8.62. The minimum absolute atomic E-state index is 0.801. The number of fused-ring (bicyclic) bond motifs is 6. The van der Waals surface area contributed by atoms with Crippen molar-refractivity contribution in [2.24, 2.45) is 0 Å². The van der Waals surface area contributed by atoms with Crippen molar-refractivity contribution in [2.75, 3.05) is 13.2 Å². The maximum atomic E-state index is 5.91. The van der Waals surface area contributed by atoms with Gasteiger partial charge in [-0.3, -0.25) is 0 Å². The fourth-order valence-corrected chi connectivity index (χ4v) is 10.8. The number of hydrogen-bond donors (Lipinski definition) is 0. The molecule has 7 rings (SSSR count). The third-order valence-corrected chi connectivity index (χ3v) is 13.3. The van der Waals surface area contributed by atoms with Gasteiger partial charge >= 0.3 is 0 Å². The SMILES string of the molecule is CCCCCCOc1ccc(/C=C/c2cc3sc4cc5c(cc4c3s2)sc2cc(/C=C/c3ccc(OCCCCCC)cc3)sc25)cc1. The number of ether oxygens (including phenoxy) is 2. The molecule has 246 valence electrons. The van der Waals surface area contributed by atoms with Crippen LogP contribution in [0, 0.1) is 0 Å². The highest BCUT2D eigenvalue weighted by molar-refractivity contribution is 7.34. The molecule has 0 aliphatic rings. The summed E-state index contributed by atoms with van der Waals surface area (Å²) in [5.74, 6) is 1.92. The summed E-state index contributed by atoms with van der Waals surface area (Å²) in [7, 11) is 0. The van der Waals surface area contributed by atoms with E-state index in [1.807, 2.05) is 45.3 Å². The van der Waals surface area contributed by atoms with Crippen LogP contribution < -0.4 is 9.47 Å². The lowest BCUT2D eigenvalue weighted by Gasteiger charge is -2.06. The van der Waals surface area contributed by atoms with Crippen LogP contribution in [0.4, 0.5) is 0 Å². The molecule has 2 nitrogen and oxygen atoms in total. The number of rotatable bonds is 16. The Balaban J connectivity index is 1.01. The molecule has 0 saturated carbocycles. The van der Waals surface area contributed by atoms with Crippen molar-refractivity contribution in [1.82, 2.24) is 0 Å². The molecule has 0 fully saturated rings. The van der Waals surface area contributed by atoms with Crippen LogP contribution in [0.3, 0.4) is 0 Å². The Morgan fingerprint density at radius 1 is 0.458 bits per heavy atom. The lowest BCUT2D eigenvalue weighted by atomic mass is 10.2. The van der Waals surface area contributed by atoms with E-state index >= 15 is 0 Å². The van der Waals surface area contributed by atoms with Crippen LogP contribution >= 0.6 is 45.3 Å². The Bertz CT molecular complexity index is 2000. The first-order valence-electron chi connectivity index (χ1n) is 17.3. The summed E-state index contributed by atoms with van der Waals surface area (Å²) >= 11 is 7.62. The van der Waals surface area contributed by atoms with Gasteiger partial charge in [0, 0.05) is 39.3 Å². The molecule has 0 unspecified atom stereocenters. The lowest BCUT2D eigenvalue weighted by Crippen LogP contribution is -1.96. The summed E-state index contributed by atoms with van der Waals surface area (Å²) in [6.07, 6.45) is 18.7. The summed E-state index contributed by atoms with van der Waals surface area (Å²) in [4.78, 5) is 2.59. The van der Waals surface area contributed by atoms with Gasteiger partial charge in [0.05, 0.1) is 22.6 Å². The van der Waals surface area contributed by atoms with Gasteiger partial charge in [-0.25, -0.2) is 0 Å². The van der Waals surface area contributed by atoms with Crippen LogP contribution in [0.2, 0.25) is 0 Å². The summed E-state index contributed by atoms with van der Waals surface area (Å²) in [5.41, 5.74) is 2.39. The number of hydrogen-bond acceptors (Lipinski definition) is 6. The molecule has 3 aromatic carbocycles. The summed E-state index contributed by atoms with van der Waals surface area (Å²) in [6, 6.07) is 26.5. The topological polar surface area (TPSA) is 18.5 Å². The van der Waals surface area contributed by atoms with Crippen LogP contribution in [-0.2, 0) is 0 Å². The highest BCUT2D eigenvalue weighted by Crippen LogP contribution is 2.46. The normalized spacial score (nSPS) is 12.2. The zero-order chi connectivity index (χ0) is 32.7. The van der Waals surface area contributed by atoms with Gasteiger partial charge in [-0.05, 0) is 84.7 Å². The molecule has 4 heterocycles. The Morgan fingerprint density at radius 3 is 1.31 bits per heavy atom. The summed E-state index contributed by atoms with van der Waals surface area (Å²) < 4.78 is 20.1. The molecule has 6 heteroatoms. The van der Waals surface area contributed by atoms with Crippen molar-refractivity contribution in [3.63, 3.8) is 0 Å². The summed E-state index contributed by atoms with van der Waals surface area (Å²) in [6.45, 7) is 6.08. The second-order valence-electron chi connectivity index (χ2n) is 12.4. The average Bonchev–Trinajstić information content (AvgIpc) is 3.86. The molecule has 7 aromatic rings. The van der Waals surface area contributed by atoms with Gasteiger partial charge in [-0.2, -0.15) is 0 Å². The molecule has 0 aliphatic heterocycles. The highest BCUT2D eigenvalue weighted by atomic mass is 32.1. The van der Waals surface area contributed by atoms with Gasteiger partial charge < -0.3 is 9.47 Å². The molecule has 0 aliphatic carbocycles. The number of unbranched alkanes of at least 4 members (excludes halogenated alkanes) is 6. The Kier molecular flexibility index (Phi) is 10.9. The van der Waals surface area contributed by atoms with Gasteiger partial charge in [-0.1, -0.05) is 88.8 Å². The largest absolute Gasteiger partial charge is 0.494 e. The van der Waals surface area contributed by atoms with Gasteiger partial charge in [0.2, 0.25) is 0 Å². The predicted octanol–water partition coefficient (Wildman–Crippen LogP) is 14.8. The lowest BCUT2D eigenvalue weighted by molar-refractivity contribution is 0.305. The first-order chi connectivity index (χ1) is 23.7. The van der Waals surface area contributed by atoms with Gasteiger partial charge in [0.25, 0.3) is 0 Å². The molecule has 0 N–H and O–H groups in total. The van der Waals surface area contributed by atoms with Crippen LogP contribution in [-0.4, -0.2) is 13.2 Å². The Morgan fingerprint density at radius 2 is 0.896 bits per heavy atom. The predicted molar refractivity (Wildman–Crippen MR) is 218 cm³/mol. The number of benzene rings is 3. The van der Waals surface area contributed by atoms with Crippen molar-refractivity contribution < 1.29 is 9.47 Å². The molecule has 4 aromatic heterocycles. The molecular weight excluding hydrogens is 665 g/mol. The van der Waals surface area contributed by atoms with Crippen molar-refractivity contribution >= 4 is 109 Å². The monoisotopic (exact) mass is 706 g/mol. The van der Waals surface area contributed by atoms with Gasteiger partial charge in [0.15, 0.2) is 0 Å². The van der Waals surface area contributed by atoms with E-state index in [2.05, 4.69) is 111 Å².